The van der Waals surface area contributed by atoms with Crippen LogP contribution in [-0.2, 0) is 34.6 Å². The van der Waals surface area contributed by atoms with Gasteiger partial charge in [0.2, 0.25) is 0 Å². The highest BCUT2D eigenvalue weighted by atomic mass is 32.2. The third kappa shape index (κ3) is 2.04. The van der Waals surface area contributed by atoms with Gasteiger partial charge >= 0.3 is 11.9 Å². The molecule has 2 saturated carbocycles. The Morgan fingerprint density at radius 2 is 1.93 bits per heavy atom. The fourth-order valence-corrected chi connectivity index (χ4v) is 7.84. The molecular weight excluding hydrogens is 384 g/mol. The number of aliphatic hydroxyl groups is 1. The van der Waals surface area contributed by atoms with Crippen LogP contribution >= 0.6 is 0 Å². The number of ether oxygens (including phenoxy) is 3. The van der Waals surface area contributed by atoms with Crippen molar-refractivity contribution in [1.82, 2.24) is 0 Å². The number of fused-ring (bicyclic) bond motifs is 2. The molecule has 0 aromatic rings. The topological polar surface area (TPSA) is 102 Å². The van der Waals surface area contributed by atoms with Crippen LogP contribution in [0.1, 0.15) is 40.0 Å². The van der Waals surface area contributed by atoms with Gasteiger partial charge in [-0.05, 0) is 37.7 Å². The third-order valence-electron chi connectivity index (χ3n) is 7.77. The molecule has 0 aromatic heterocycles. The Labute approximate surface area is 166 Å². The van der Waals surface area contributed by atoms with Crippen molar-refractivity contribution in [2.75, 3.05) is 12.0 Å². The van der Waals surface area contributed by atoms with Crippen molar-refractivity contribution in [3.05, 3.63) is 11.6 Å². The number of cyclic esters (lactones) is 1. The molecule has 3 aliphatic heterocycles. The van der Waals surface area contributed by atoms with Crippen LogP contribution in [0.4, 0.5) is 0 Å². The maximum absolute atomic E-state index is 12.8. The van der Waals surface area contributed by atoms with Crippen molar-refractivity contribution >= 4 is 22.7 Å². The van der Waals surface area contributed by atoms with E-state index in [1.54, 1.807) is 0 Å². The van der Waals surface area contributed by atoms with Gasteiger partial charge in [-0.3, -0.25) is 9.00 Å². The first kappa shape index (κ1) is 18.8. The predicted octanol–water partition coefficient (Wildman–Crippen LogP) is 0.857. The molecule has 4 fully saturated rings. The summed E-state index contributed by atoms with van der Waals surface area (Å²) in [6, 6.07) is 0. The Kier molecular flexibility index (Phi) is 3.53. The predicted molar refractivity (Wildman–Crippen MR) is 98.6 cm³/mol. The normalized spacial score (nSPS) is 51.5. The minimum absolute atomic E-state index is 0.0433. The summed E-state index contributed by atoms with van der Waals surface area (Å²) in [4.78, 5) is 25.3. The van der Waals surface area contributed by atoms with Gasteiger partial charge in [-0.15, -0.1) is 0 Å². The Bertz CT molecular complexity index is 849. The van der Waals surface area contributed by atoms with E-state index in [0.29, 0.717) is 0 Å². The summed E-state index contributed by atoms with van der Waals surface area (Å²) >= 11 is 0. The zero-order valence-corrected chi connectivity index (χ0v) is 17.3. The van der Waals surface area contributed by atoms with E-state index in [1.807, 2.05) is 6.92 Å². The summed E-state index contributed by atoms with van der Waals surface area (Å²) in [6.45, 7) is 5.57. The number of hydrogen-bond donors (Lipinski definition) is 1. The summed E-state index contributed by atoms with van der Waals surface area (Å²) in [6.07, 6.45) is 3.53. The van der Waals surface area contributed by atoms with Gasteiger partial charge in [-0.2, -0.15) is 0 Å². The lowest BCUT2D eigenvalue weighted by Gasteiger charge is -2.54. The van der Waals surface area contributed by atoms with E-state index in [2.05, 4.69) is 6.92 Å². The number of rotatable bonds is 3. The van der Waals surface area contributed by atoms with Gasteiger partial charge in [0.25, 0.3) is 0 Å². The zero-order chi connectivity index (χ0) is 20.3. The van der Waals surface area contributed by atoms with Gasteiger partial charge in [0, 0.05) is 29.0 Å². The molecular formula is C20H26O7S. The zero-order valence-electron chi connectivity index (χ0n) is 16.5. The summed E-state index contributed by atoms with van der Waals surface area (Å²) < 4.78 is 29.5. The lowest BCUT2D eigenvalue weighted by Crippen LogP contribution is -2.64. The van der Waals surface area contributed by atoms with Crippen molar-refractivity contribution in [1.29, 1.82) is 0 Å². The van der Waals surface area contributed by atoms with E-state index in [1.165, 1.54) is 19.3 Å². The lowest BCUT2D eigenvalue weighted by molar-refractivity contribution is -0.169. The van der Waals surface area contributed by atoms with Crippen molar-refractivity contribution in [3.63, 3.8) is 0 Å². The number of esters is 2. The van der Waals surface area contributed by atoms with Crippen molar-refractivity contribution in [2.24, 2.45) is 16.7 Å². The van der Waals surface area contributed by atoms with Crippen molar-refractivity contribution in [2.45, 2.75) is 69.5 Å². The first-order valence-electron chi connectivity index (χ1n) is 9.81. The average molecular weight is 410 g/mol. The highest BCUT2D eigenvalue weighted by Gasteiger charge is 2.84. The fourth-order valence-electron chi connectivity index (χ4n) is 6.87. The van der Waals surface area contributed by atoms with Gasteiger partial charge in [0.1, 0.15) is 17.8 Å². The Hall–Kier alpha value is -1.25. The molecule has 2 saturated heterocycles. The van der Waals surface area contributed by atoms with E-state index >= 15 is 0 Å². The standard InChI is InChI=1S/C20H26O7S/c1-17-6-5-7-18(2)13(17)12(26-16(18)22)14-20(27-14)10(17)8-11(21)25-15(20)19(3,23)9-28(4)24/h8,12-15,23H,5-7,9H2,1-4H3/t12-,13+,14+,15+,17+,18-,19-,20-,28?/m0/s1. The summed E-state index contributed by atoms with van der Waals surface area (Å²) in [5.74, 6) is -0.856. The van der Waals surface area contributed by atoms with E-state index in [9.17, 15) is 18.9 Å². The van der Waals surface area contributed by atoms with Crippen LogP contribution < -0.4 is 0 Å². The summed E-state index contributed by atoms with van der Waals surface area (Å²) in [5.41, 5.74) is -2.81. The molecule has 1 spiro atoms. The highest BCUT2D eigenvalue weighted by molar-refractivity contribution is 7.84. The van der Waals surface area contributed by atoms with Crippen LogP contribution in [0.3, 0.4) is 0 Å². The monoisotopic (exact) mass is 410 g/mol. The first-order chi connectivity index (χ1) is 13.0. The van der Waals surface area contributed by atoms with Crippen LogP contribution in [0.2, 0.25) is 0 Å². The van der Waals surface area contributed by atoms with Crippen molar-refractivity contribution < 1.29 is 33.1 Å². The summed E-state index contributed by atoms with van der Waals surface area (Å²) in [5, 5.41) is 11.1. The Morgan fingerprint density at radius 3 is 2.61 bits per heavy atom. The van der Waals surface area contributed by atoms with Gasteiger partial charge in [-0.25, -0.2) is 4.79 Å². The van der Waals surface area contributed by atoms with Crippen LogP contribution in [0.15, 0.2) is 11.6 Å². The lowest BCUT2D eigenvalue weighted by atomic mass is 9.47. The SMILES string of the molecule is CS(=O)C[C@](C)(O)[C@H]1OC(=O)C=C2[C@@]13O[C@@H]3[C@H]1OC(=O)[C@@]3(C)CCC[C@@]2(C)[C@@H]13. The van der Waals surface area contributed by atoms with E-state index in [4.69, 9.17) is 14.2 Å². The van der Waals surface area contributed by atoms with Gasteiger partial charge in [-0.1, -0.05) is 13.3 Å². The van der Waals surface area contributed by atoms with Crippen LogP contribution in [0.25, 0.3) is 0 Å². The molecule has 5 rings (SSSR count). The first-order valence-corrected chi connectivity index (χ1v) is 11.5. The molecule has 5 aliphatic rings. The second-order valence-corrected chi connectivity index (χ2v) is 11.3. The summed E-state index contributed by atoms with van der Waals surface area (Å²) in [7, 11) is -1.29. The smallest absolute Gasteiger partial charge is 0.331 e. The largest absolute Gasteiger partial charge is 0.459 e. The molecule has 0 radical (unpaired) electrons. The van der Waals surface area contributed by atoms with Gasteiger partial charge in [0.05, 0.1) is 11.2 Å². The number of carbonyl (C=O) groups is 2. The minimum atomic E-state index is -1.53. The molecule has 9 atom stereocenters. The van der Waals surface area contributed by atoms with Gasteiger partial charge in [0.15, 0.2) is 11.7 Å². The molecule has 1 N–H and O–H groups in total. The molecule has 7 nitrogen and oxygen atoms in total. The third-order valence-corrected chi connectivity index (χ3v) is 8.76. The number of epoxide rings is 1. The molecule has 28 heavy (non-hydrogen) atoms. The molecule has 154 valence electrons. The number of hydrogen-bond acceptors (Lipinski definition) is 7. The molecule has 0 bridgehead atoms. The van der Waals surface area contributed by atoms with Crippen LogP contribution in [-0.4, -0.2) is 62.8 Å². The molecule has 8 heteroatoms. The molecule has 0 aromatic carbocycles. The maximum atomic E-state index is 12.8. The fraction of sp³-hybridized carbons (Fsp3) is 0.800. The minimum Gasteiger partial charge on any atom is -0.459 e. The maximum Gasteiger partial charge on any atom is 0.331 e. The second kappa shape index (κ2) is 5.26. The molecule has 3 heterocycles. The number of carbonyl (C=O) groups excluding carboxylic acids is 2. The Morgan fingerprint density at radius 1 is 1.25 bits per heavy atom. The Balaban J connectivity index is 1.66. The van der Waals surface area contributed by atoms with Crippen LogP contribution in [0, 0.1) is 16.7 Å². The van der Waals surface area contributed by atoms with Crippen molar-refractivity contribution in [3.8, 4) is 0 Å². The van der Waals surface area contributed by atoms with E-state index < -0.39 is 57.1 Å². The molecule has 1 unspecified atom stereocenters. The van der Waals surface area contributed by atoms with E-state index in [0.717, 1.165) is 24.8 Å². The molecule has 0 amide bonds. The molecule has 2 aliphatic carbocycles. The second-order valence-electron chi connectivity index (χ2n) is 9.82. The highest BCUT2D eigenvalue weighted by Crippen LogP contribution is 2.73. The average Bonchev–Trinajstić information content (AvgIpc) is 3.22. The van der Waals surface area contributed by atoms with Crippen LogP contribution in [0.5, 0.6) is 0 Å². The van der Waals surface area contributed by atoms with E-state index in [-0.39, 0.29) is 17.6 Å². The quantitative estimate of drug-likeness (QED) is 0.544. The van der Waals surface area contributed by atoms with Gasteiger partial charge < -0.3 is 19.3 Å².